The number of aromatic nitrogens is 5. The predicted molar refractivity (Wildman–Crippen MR) is 198 cm³/mol. The fourth-order valence-electron chi connectivity index (χ4n) is 5.88. The molecule has 234 valence electrons. The molecule has 0 amide bonds. The summed E-state index contributed by atoms with van der Waals surface area (Å²) in [5.74, 6) is 1.58. The normalized spacial score (nSPS) is 10.8. The lowest BCUT2D eigenvalue weighted by molar-refractivity contribution is 1.07. The van der Waals surface area contributed by atoms with E-state index in [4.69, 9.17) is 24.9 Å². The number of hydrogen-bond donors (Lipinski definition) is 0. The predicted octanol–water partition coefficient (Wildman–Crippen LogP) is 10.2. The molecule has 0 radical (unpaired) electrons. The van der Waals surface area contributed by atoms with Crippen molar-refractivity contribution in [3.63, 3.8) is 0 Å². The Labute approximate surface area is 290 Å². The molecule has 2 heterocycles. The highest BCUT2D eigenvalue weighted by atomic mass is 15.0. The van der Waals surface area contributed by atoms with Crippen LogP contribution in [0.15, 0.2) is 170 Å². The van der Waals surface area contributed by atoms with Crippen molar-refractivity contribution in [2.24, 2.45) is 0 Å². The first-order valence-corrected chi connectivity index (χ1v) is 16.2. The molecule has 6 aromatic carbocycles. The summed E-state index contributed by atoms with van der Waals surface area (Å²) in [4.78, 5) is 25.3. The van der Waals surface area contributed by atoms with Crippen LogP contribution in [0.1, 0.15) is 5.56 Å². The average Bonchev–Trinajstić information content (AvgIpc) is 3.21. The van der Waals surface area contributed by atoms with Gasteiger partial charge in [-0.3, -0.25) is 0 Å². The molecule has 50 heavy (non-hydrogen) atoms. The van der Waals surface area contributed by atoms with Crippen molar-refractivity contribution in [1.82, 2.24) is 24.9 Å². The van der Waals surface area contributed by atoms with E-state index in [9.17, 15) is 5.26 Å². The molecular formula is C44H28N6. The Morgan fingerprint density at radius 3 is 1.04 bits per heavy atom. The molecule has 6 heteroatoms. The third-order valence-electron chi connectivity index (χ3n) is 8.37. The van der Waals surface area contributed by atoms with Crippen molar-refractivity contribution in [3.8, 4) is 85.3 Å². The van der Waals surface area contributed by atoms with Gasteiger partial charge in [0.1, 0.15) is 0 Å². The molecule has 0 saturated heterocycles. The lowest BCUT2D eigenvalue weighted by atomic mass is 9.99. The molecule has 0 unspecified atom stereocenters. The van der Waals surface area contributed by atoms with E-state index in [0.717, 1.165) is 61.7 Å². The van der Waals surface area contributed by atoms with Gasteiger partial charge in [-0.1, -0.05) is 158 Å². The van der Waals surface area contributed by atoms with Gasteiger partial charge in [0.15, 0.2) is 17.5 Å². The summed E-state index contributed by atoms with van der Waals surface area (Å²) < 4.78 is 0. The molecule has 0 atom stereocenters. The van der Waals surface area contributed by atoms with Crippen LogP contribution in [0.2, 0.25) is 0 Å². The van der Waals surface area contributed by atoms with Gasteiger partial charge < -0.3 is 0 Å². The molecular weight excluding hydrogens is 613 g/mol. The maximum atomic E-state index is 9.53. The van der Waals surface area contributed by atoms with Crippen LogP contribution in [0.5, 0.6) is 0 Å². The maximum absolute atomic E-state index is 9.53. The minimum Gasteiger partial charge on any atom is -0.243 e. The Morgan fingerprint density at radius 1 is 0.300 bits per heavy atom. The van der Waals surface area contributed by atoms with Crippen molar-refractivity contribution in [2.75, 3.05) is 0 Å². The van der Waals surface area contributed by atoms with E-state index in [1.54, 1.807) is 12.1 Å². The second-order valence-electron chi connectivity index (χ2n) is 11.7. The molecule has 8 rings (SSSR count). The zero-order chi connectivity index (χ0) is 33.7. The Kier molecular flexibility index (Phi) is 8.20. The fraction of sp³-hybridized carbons (Fsp3) is 0. The number of nitriles is 1. The Morgan fingerprint density at radius 2 is 0.620 bits per heavy atom. The zero-order valence-electron chi connectivity index (χ0n) is 26.8. The summed E-state index contributed by atoms with van der Waals surface area (Å²) in [7, 11) is 0. The van der Waals surface area contributed by atoms with E-state index in [1.165, 1.54) is 0 Å². The quantitative estimate of drug-likeness (QED) is 0.172. The second kappa shape index (κ2) is 13.6. The first-order valence-electron chi connectivity index (χ1n) is 16.2. The van der Waals surface area contributed by atoms with E-state index in [0.29, 0.717) is 23.0 Å². The standard InChI is InChI=1S/C44H28N6/c45-29-30-14-13-23-37(28-30)44-49-42(35-21-11-4-12-22-35)48-43(50-44)36-26-24-34(25-27-36)41-40(33-19-9-3-10-20-33)46-38(31-15-5-1-6-16-31)39(47-41)32-17-7-2-8-18-32/h1-28H. The van der Waals surface area contributed by atoms with Crippen LogP contribution in [0.3, 0.4) is 0 Å². The van der Waals surface area contributed by atoms with Crippen LogP contribution in [0.4, 0.5) is 0 Å². The van der Waals surface area contributed by atoms with E-state index < -0.39 is 0 Å². The van der Waals surface area contributed by atoms with Crippen molar-refractivity contribution in [2.45, 2.75) is 0 Å². The average molecular weight is 641 g/mol. The summed E-state index contributed by atoms with van der Waals surface area (Å²) in [6.45, 7) is 0. The van der Waals surface area contributed by atoms with Gasteiger partial charge >= 0.3 is 0 Å². The number of benzene rings is 6. The lowest BCUT2D eigenvalue weighted by Crippen LogP contribution is -2.01. The van der Waals surface area contributed by atoms with Crippen LogP contribution in [0.25, 0.3) is 79.2 Å². The zero-order valence-corrected chi connectivity index (χ0v) is 26.8. The summed E-state index contributed by atoms with van der Waals surface area (Å²) >= 11 is 0. The Balaban J connectivity index is 1.28. The highest BCUT2D eigenvalue weighted by Crippen LogP contribution is 2.37. The molecule has 0 bridgehead atoms. The molecule has 0 aliphatic heterocycles. The number of hydrogen-bond acceptors (Lipinski definition) is 6. The summed E-state index contributed by atoms with van der Waals surface area (Å²) in [6, 6.07) is 58.1. The van der Waals surface area contributed by atoms with Gasteiger partial charge in [-0.15, -0.1) is 0 Å². The first kappa shape index (κ1) is 30.2. The van der Waals surface area contributed by atoms with Crippen molar-refractivity contribution >= 4 is 0 Å². The molecule has 0 aliphatic rings. The Bertz CT molecular complexity index is 2460. The molecule has 2 aromatic heterocycles. The van der Waals surface area contributed by atoms with E-state index in [2.05, 4.69) is 42.5 Å². The smallest absolute Gasteiger partial charge is 0.164 e. The third kappa shape index (κ3) is 6.15. The summed E-state index contributed by atoms with van der Waals surface area (Å²) in [5.41, 5.74) is 10.1. The monoisotopic (exact) mass is 640 g/mol. The SMILES string of the molecule is N#Cc1cccc(-c2nc(-c3ccccc3)nc(-c3ccc(-c4nc(-c5ccccc5)c(-c5ccccc5)nc4-c4ccccc4)cc3)n2)c1. The van der Waals surface area contributed by atoms with Crippen LogP contribution < -0.4 is 0 Å². The minimum atomic E-state index is 0.497. The van der Waals surface area contributed by atoms with Gasteiger partial charge in [-0.05, 0) is 12.1 Å². The van der Waals surface area contributed by atoms with E-state index >= 15 is 0 Å². The molecule has 0 saturated carbocycles. The van der Waals surface area contributed by atoms with Crippen LogP contribution in [0, 0.1) is 11.3 Å². The van der Waals surface area contributed by atoms with Crippen molar-refractivity contribution in [1.29, 1.82) is 5.26 Å². The van der Waals surface area contributed by atoms with Crippen LogP contribution in [-0.2, 0) is 0 Å². The molecule has 6 nitrogen and oxygen atoms in total. The highest BCUT2D eigenvalue weighted by molar-refractivity contribution is 5.86. The van der Waals surface area contributed by atoms with E-state index in [-0.39, 0.29) is 0 Å². The first-order chi connectivity index (χ1) is 24.7. The molecule has 0 spiro atoms. The van der Waals surface area contributed by atoms with E-state index in [1.807, 2.05) is 121 Å². The van der Waals surface area contributed by atoms with Gasteiger partial charge in [0.05, 0.1) is 34.4 Å². The Hall–Kier alpha value is -7.10. The fourth-order valence-corrected chi connectivity index (χ4v) is 5.88. The third-order valence-corrected chi connectivity index (χ3v) is 8.37. The highest BCUT2D eigenvalue weighted by Gasteiger charge is 2.20. The summed E-state index contributed by atoms with van der Waals surface area (Å²) in [5, 5.41) is 9.53. The lowest BCUT2D eigenvalue weighted by Gasteiger charge is -2.16. The van der Waals surface area contributed by atoms with Crippen LogP contribution >= 0.6 is 0 Å². The number of rotatable bonds is 7. The van der Waals surface area contributed by atoms with Gasteiger partial charge in [0, 0.05) is 38.9 Å². The second-order valence-corrected chi connectivity index (χ2v) is 11.7. The largest absolute Gasteiger partial charge is 0.243 e. The van der Waals surface area contributed by atoms with Gasteiger partial charge in [0.2, 0.25) is 0 Å². The summed E-state index contributed by atoms with van der Waals surface area (Å²) in [6.07, 6.45) is 0. The van der Waals surface area contributed by atoms with Crippen molar-refractivity contribution < 1.29 is 0 Å². The molecule has 0 N–H and O–H groups in total. The molecule has 8 aromatic rings. The van der Waals surface area contributed by atoms with Gasteiger partial charge in [-0.25, -0.2) is 24.9 Å². The van der Waals surface area contributed by atoms with Crippen molar-refractivity contribution in [3.05, 3.63) is 175 Å². The molecule has 0 fully saturated rings. The minimum absolute atomic E-state index is 0.497. The van der Waals surface area contributed by atoms with Crippen LogP contribution in [-0.4, -0.2) is 24.9 Å². The van der Waals surface area contributed by atoms with Gasteiger partial charge in [-0.2, -0.15) is 5.26 Å². The molecule has 0 aliphatic carbocycles. The number of nitrogens with zero attached hydrogens (tertiary/aromatic N) is 6. The van der Waals surface area contributed by atoms with Gasteiger partial charge in [0.25, 0.3) is 0 Å². The maximum Gasteiger partial charge on any atom is 0.164 e. The topological polar surface area (TPSA) is 88.2 Å².